The zero-order chi connectivity index (χ0) is 18.4. The van der Waals surface area contributed by atoms with Crippen LogP contribution < -0.4 is 15.4 Å². The largest absolute Gasteiger partial charge is 0.491 e. The number of urea groups is 1. The van der Waals surface area contributed by atoms with Gasteiger partial charge in [0.25, 0.3) is 0 Å². The van der Waals surface area contributed by atoms with Gasteiger partial charge in [-0.1, -0.05) is 12.1 Å². The molecule has 0 radical (unpaired) electrons. The minimum Gasteiger partial charge on any atom is -0.491 e. The Balaban J connectivity index is 2.03. The Morgan fingerprint density at radius 3 is 2.56 bits per heavy atom. The molecule has 0 unspecified atom stereocenters. The molecule has 0 fully saturated rings. The van der Waals surface area contributed by atoms with E-state index in [4.69, 9.17) is 4.74 Å². The van der Waals surface area contributed by atoms with Gasteiger partial charge in [0.1, 0.15) is 12.4 Å². The van der Waals surface area contributed by atoms with E-state index in [2.05, 4.69) is 10.6 Å². The monoisotopic (exact) mass is 347 g/mol. The third-order valence-electron chi connectivity index (χ3n) is 3.89. The van der Waals surface area contributed by atoms with E-state index in [0.29, 0.717) is 32.5 Å². The van der Waals surface area contributed by atoms with E-state index in [1.165, 1.54) is 0 Å². The standard InChI is InChI=1S/C19H29N3O3/c1-13(2)20-18(23)8-6-15-5-7-17-16(11-15)12-22(9-10-25-17)19(24)21-14(3)4/h5,7,11,13-14H,6,8-10,12H2,1-4H3,(H,20,23)(H,21,24). The normalized spacial score (nSPS) is 13.9. The van der Waals surface area contributed by atoms with Gasteiger partial charge in [0.15, 0.2) is 0 Å². The summed E-state index contributed by atoms with van der Waals surface area (Å²) >= 11 is 0. The van der Waals surface area contributed by atoms with Gasteiger partial charge in [0.05, 0.1) is 13.1 Å². The topological polar surface area (TPSA) is 70.7 Å². The fraction of sp³-hybridized carbons (Fsp3) is 0.579. The average Bonchev–Trinajstić information content (AvgIpc) is 2.73. The molecule has 0 saturated carbocycles. The fourth-order valence-electron chi connectivity index (χ4n) is 2.77. The lowest BCUT2D eigenvalue weighted by molar-refractivity contribution is -0.121. The van der Waals surface area contributed by atoms with Crippen LogP contribution in [-0.2, 0) is 17.8 Å². The number of nitrogens with one attached hydrogen (secondary N) is 2. The van der Waals surface area contributed by atoms with Gasteiger partial charge in [0.2, 0.25) is 5.91 Å². The molecule has 3 amide bonds. The number of amides is 3. The smallest absolute Gasteiger partial charge is 0.318 e. The van der Waals surface area contributed by atoms with Crippen LogP contribution in [-0.4, -0.2) is 42.1 Å². The summed E-state index contributed by atoms with van der Waals surface area (Å²) in [5.41, 5.74) is 2.06. The molecule has 6 nitrogen and oxygen atoms in total. The van der Waals surface area contributed by atoms with Gasteiger partial charge in [-0.05, 0) is 45.7 Å². The molecule has 2 rings (SSSR count). The lowest BCUT2D eigenvalue weighted by atomic mass is 10.0. The van der Waals surface area contributed by atoms with Crippen molar-refractivity contribution in [2.45, 2.75) is 59.2 Å². The number of fused-ring (bicyclic) bond motifs is 1. The number of benzene rings is 1. The number of aryl methyl sites for hydroxylation is 1. The molecule has 0 aromatic heterocycles. The maximum absolute atomic E-state index is 12.3. The maximum atomic E-state index is 12.3. The van der Waals surface area contributed by atoms with Crippen LogP contribution in [0.25, 0.3) is 0 Å². The number of hydrogen-bond acceptors (Lipinski definition) is 3. The Bertz CT molecular complexity index is 614. The van der Waals surface area contributed by atoms with Gasteiger partial charge in [-0.3, -0.25) is 4.79 Å². The fourth-order valence-corrected chi connectivity index (χ4v) is 2.77. The number of nitrogens with zero attached hydrogens (tertiary/aromatic N) is 1. The Kier molecular flexibility index (Phi) is 6.67. The van der Waals surface area contributed by atoms with Gasteiger partial charge < -0.3 is 20.3 Å². The molecule has 0 atom stereocenters. The van der Waals surface area contributed by atoms with Crippen molar-refractivity contribution in [3.8, 4) is 5.75 Å². The van der Waals surface area contributed by atoms with Crippen LogP contribution in [0.2, 0.25) is 0 Å². The highest BCUT2D eigenvalue weighted by atomic mass is 16.5. The zero-order valence-corrected chi connectivity index (χ0v) is 15.6. The summed E-state index contributed by atoms with van der Waals surface area (Å²) in [6, 6.07) is 6.15. The molecule has 1 aromatic rings. The predicted octanol–water partition coefficient (Wildman–Crippen LogP) is 2.46. The lowest BCUT2D eigenvalue weighted by Crippen LogP contribution is -2.43. The summed E-state index contributed by atoms with van der Waals surface area (Å²) in [5, 5.41) is 5.82. The molecule has 0 aliphatic carbocycles. The van der Waals surface area contributed by atoms with Crippen molar-refractivity contribution in [1.29, 1.82) is 0 Å². The van der Waals surface area contributed by atoms with E-state index < -0.39 is 0 Å². The number of rotatable bonds is 5. The molecule has 2 N–H and O–H groups in total. The molecule has 0 spiro atoms. The Morgan fingerprint density at radius 2 is 1.88 bits per heavy atom. The third kappa shape index (κ3) is 5.96. The van der Waals surface area contributed by atoms with Crippen molar-refractivity contribution < 1.29 is 14.3 Å². The lowest BCUT2D eigenvalue weighted by Gasteiger charge is -2.22. The van der Waals surface area contributed by atoms with E-state index in [9.17, 15) is 9.59 Å². The highest BCUT2D eigenvalue weighted by molar-refractivity contribution is 5.76. The van der Waals surface area contributed by atoms with Crippen molar-refractivity contribution in [2.75, 3.05) is 13.2 Å². The first-order chi connectivity index (χ1) is 11.8. The van der Waals surface area contributed by atoms with Crippen LogP contribution in [0, 0.1) is 0 Å². The second-order valence-corrected chi connectivity index (χ2v) is 7.04. The SMILES string of the molecule is CC(C)NC(=O)CCc1ccc2c(c1)CN(C(=O)NC(C)C)CCO2. The Labute approximate surface area is 149 Å². The van der Waals surface area contributed by atoms with Crippen molar-refractivity contribution in [3.63, 3.8) is 0 Å². The first-order valence-corrected chi connectivity index (χ1v) is 8.94. The first-order valence-electron chi connectivity index (χ1n) is 8.94. The van der Waals surface area contributed by atoms with Crippen molar-refractivity contribution in [1.82, 2.24) is 15.5 Å². The number of ether oxygens (including phenoxy) is 1. The van der Waals surface area contributed by atoms with E-state index >= 15 is 0 Å². The average molecular weight is 347 g/mol. The second kappa shape index (κ2) is 8.74. The highest BCUT2D eigenvalue weighted by Gasteiger charge is 2.20. The first kappa shape index (κ1) is 19.1. The van der Waals surface area contributed by atoms with Crippen LogP contribution in [0.15, 0.2) is 18.2 Å². The highest BCUT2D eigenvalue weighted by Crippen LogP contribution is 2.25. The van der Waals surface area contributed by atoms with Crippen LogP contribution in [0.5, 0.6) is 5.75 Å². The molecule has 1 aliphatic heterocycles. The molecule has 0 bridgehead atoms. The minimum atomic E-state index is -0.0758. The summed E-state index contributed by atoms with van der Waals surface area (Å²) in [5.74, 6) is 0.870. The number of hydrogen-bond donors (Lipinski definition) is 2. The van der Waals surface area contributed by atoms with E-state index in [0.717, 1.165) is 16.9 Å². The molecular formula is C19H29N3O3. The van der Waals surface area contributed by atoms with Crippen LogP contribution in [0.4, 0.5) is 4.79 Å². The predicted molar refractivity (Wildman–Crippen MR) is 97.6 cm³/mol. The number of carbonyl (C=O) groups excluding carboxylic acids is 2. The van der Waals surface area contributed by atoms with Crippen molar-refractivity contribution >= 4 is 11.9 Å². The molecular weight excluding hydrogens is 318 g/mol. The van der Waals surface area contributed by atoms with Gasteiger partial charge >= 0.3 is 6.03 Å². The quantitative estimate of drug-likeness (QED) is 0.859. The van der Waals surface area contributed by atoms with Crippen LogP contribution in [0.3, 0.4) is 0 Å². The molecule has 25 heavy (non-hydrogen) atoms. The van der Waals surface area contributed by atoms with Gasteiger partial charge in [-0.15, -0.1) is 0 Å². The van der Waals surface area contributed by atoms with Crippen molar-refractivity contribution in [2.24, 2.45) is 0 Å². The second-order valence-electron chi connectivity index (χ2n) is 7.04. The molecule has 6 heteroatoms. The summed E-state index contributed by atoms with van der Waals surface area (Å²) in [6.45, 7) is 9.34. The Hall–Kier alpha value is -2.24. The molecule has 1 aromatic carbocycles. The van der Waals surface area contributed by atoms with Gasteiger partial charge in [0, 0.05) is 24.1 Å². The van der Waals surface area contributed by atoms with Crippen molar-refractivity contribution in [3.05, 3.63) is 29.3 Å². The maximum Gasteiger partial charge on any atom is 0.318 e. The van der Waals surface area contributed by atoms with E-state index in [-0.39, 0.29) is 24.0 Å². The molecule has 1 aliphatic rings. The zero-order valence-electron chi connectivity index (χ0n) is 15.6. The summed E-state index contributed by atoms with van der Waals surface area (Å²) < 4.78 is 5.77. The molecule has 1 heterocycles. The van der Waals surface area contributed by atoms with Gasteiger partial charge in [-0.25, -0.2) is 4.79 Å². The van der Waals surface area contributed by atoms with Crippen LogP contribution in [0.1, 0.15) is 45.2 Å². The summed E-state index contributed by atoms with van der Waals surface area (Å²) in [4.78, 5) is 25.9. The van der Waals surface area contributed by atoms with Crippen LogP contribution >= 0.6 is 0 Å². The summed E-state index contributed by atoms with van der Waals surface area (Å²) in [6.07, 6.45) is 1.12. The van der Waals surface area contributed by atoms with E-state index in [1.54, 1.807) is 4.90 Å². The summed E-state index contributed by atoms with van der Waals surface area (Å²) in [7, 11) is 0. The van der Waals surface area contributed by atoms with E-state index in [1.807, 2.05) is 45.9 Å². The number of carbonyl (C=O) groups is 2. The van der Waals surface area contributed by atoms with Gasteiger partial charge in [-0.2, -0.15) is 0 Å². The molecule has 0 saturated heterocycles. The Morgan fingerprint density at radius 1 is 1.16 bits per heavy atom. The minimum absolute atomic E-state index is 0.0548. The third-order valence-corrected chi connectivity index (χ3v) is 3.89. The molecule has 138 valence electrons.